The van der Waals surface area contributed by atoms with Crippen LogP contribution in [0.5, 0.6) is 0 Å². The minimum absolute atomic E-state index is 0.520. The summed E-state index contributed by atoms with van der Waals surface area (Å²) in [6.07, 6.45) is 0. The molecule has 0 aromatic heterocycles. The molecule has 90 valence electrons. The molecule has 2 aromatic carbocycles. The normalized spacial score (nSPS) is 13.4. The first-order valence-corrected chi connectivity index (χ1v) is 6.36. The average molecular weight is 274 g/mol. The van der Waals surface area contributed by atoms with Gasteiger partial charge in [0.15, 0.2) is 0 Å². The van der Waals surface area contributed by atoms with E-state index in [-0.39, 0.29) is 0 Å². The summed E-state index contributed by atoms with van der Waals surface area (Å²) in [4.78, 5) is 4.35. The quantitative estimate of drug-likeness (QED) is 0.583. The van der Waals surface area contributed by atoms with E-state index < -0.39 is 5.54 Å². The maximum absolute atomic E-state index is 5.92. The molecule has 0 aliphatic heterocycles. The van der Waals surface area contributed by atoms with Gasteiger partial charge in [-0.1, -0.05) is 54.1 Å². The highest BCUT2D eigenvalue weighted by molar-refractivity contribution is 7.78. The molecule has 3 heteroatoms. The maximum atomic E-state index is 5.92. The third-order valence-corrected chi connectivity index (χ3v) is 3.35. The van der Waals surface area contributed by atoms with Gasteiger partial charge in [-0.3, -0.25) is 0 Å². The zero-order valence-electron chi connectivity index (χ0n) is 9.93. The maximum Gasteiger partial charge on any atom is 0.118 e. The second-order valence-electron chi connectivity index (χ2n) is 4.15. The Morgan fingerprint density at radius 1 is 1.00 bits per heavy atom. The SMILES string of the molecule is CC(N=C=S)(c1ccccc1)c1ccc(Cl)cc1. The number of thiocarbonyl (C=S) groups is 1. The highest BCUT2D eigenvalue weighted by Gasteiger charge is 2.27. The number of halogens is 1. The summed E-state index contributed by atoms with van der Waals surface area (Å²) < 4.78 is 0. The standard InChI is InChI=1S/C15H12ClNS/c1-15(17-11-18,12-5-3-2-4-6-12)13-7-9-14(16)10-8-13/h2-10H,1H3. The number of rotatable bonds is 3. The first kappa shape index (κ1) is 13.0. The van der Waals surface area contributed by atoms with Gasteiger partial charge in [-0.2, -0.15) is 0 Å². The molecule has 0 N–H and O–H groups in total. The number of nitrogens with zero attached hydrogens (tertiary/aromatic N) is 1. The van der Waals surface area contributed by atoms with E-state index in [1.165, 1.54) is 0 Å². The van der Waals surface area contributed by atoms with Crippen LogP contribution in [-0.4, -0.2) is 5.16 Å². The molecule has 0 saturated carbocycles. The number of hydrogen-bond donors (Lipinski definition) is 0. The molecule has 0 heterocycles. The molecule has 1 nitrogen and oxygen atoms in total. The Hall–Kier alpha value is -1.47. The van der Waals surface area contributed by atoms with Gasteiger partial charge in [0.1, 0.15) is 5.54 Å². The van der Waals surface area contributed by atoms with Crippen molar-refractivity contribution in [3.63, 3.8) is 0 Å². The fourth-order valence-corrected chi connectivity index (χ4v) is 2.23. The second-order valence-corrected chi connectivity index (χ2v) is 4.77. The van der Waals surface area contributed by atoms with Crippen molar-refractivity contribution in [1.82, 2.24) is 0 Å². The number of isothiocyanates is 1. The fraction of sp³-hybridized carbons (Fsp3) is 0.133. The molecular formula is C15H12ClNS. The van der Waals surface area contributed by atoms with E-state index >= 15 is 0 Å². The molecule has 2 rings (SSSR count). The summed E-state index contributed by atoms with van der Waals surface area (Å²) in [5.41, 5.74) is 1.59. The smallest absolute Gasteiger partial charge is 0.118 e. The van der Waals surface area contributed by atoms with Crippen molar-refractivity contribution in [2.45, 2.75) is 12.5 Å². The van der Waals surface area contributed by atoms with Crippen molar-refractivity contribution in [2.75, 3.05) is 0 Å². The molecule has 0 saturated heterocycles. The van der Waals surface area contributed by atoms with E-state index in [1.807, 2.05) is 61.5 Å². The van der Waals surface area contributed by atoms with Gasteiger partial charge in [-0.25, -0.2) is 4.99 Å². The van der Waals surface area contributed by atoms with E-state index in [0.29, 0.717) is 5.02 Å². The van der Waals surface area contributed by atoms with Gasteiger partial charge in [0.25, 0.3) is 0 Å². The van der Waals surface area contributed by atoms with E-state index in [1.54, 1.807) is 0 Å². The summed E-state index contributed by atoms with van der Waals surface area (Å²) in [6, 6.07) is 17.7. The minimum atomic E-state index is -0.520. The van der Waals surface area contributed by atoms with Gasteiger partial charge >= 0.3 is 0 Å². The van der Waals surface area contributed by atoms with E-state index in [0.717, 1.165) is 11.1 Å². The van der Waals surface area contributed by atoms with Crippen LogP contribution in [0.15, 0.2) is 59.6 Å². The molecule has 0 radical (unpaired) electrons. The van der Waals surface area contributed by atoms with E-state index in [2.05, 4.69) is 10.2 Å². The third-order valence-electron chi connectivity index (χ3n) is 3.01. The van der Waals surface area contributed by atoms with E-state index in [4.69, 9.17) is 23.8 Å². The van der Waals surface area contributed by atoms with Crippen LogP contribution in [0.4, 0.5) is 0 Å². The Kier molecular flexibility index (Phi) is 3.93. The Morgan fingerprint density at radius 2 is 1.56 bits per heavy atom. The summed E-state index contributed by atoms with van der Waals surface area (Å²) in [7, 11) is 0. The van der Waals surface area contributed by atoms with Gasteiger partial charge in [0, 0.05) is 5.02 Å². The lowest BCUT2D eigenvalue weighted by Crippen LogP contribution is -2.20. The predicted octanol–water partition coefficient (Wildman–Crippen LogP) is 4.71. The molecule has 1 atom stereocenters. The van der Waals surface area contributed by atoms with Gasteiger partial charge in [0.2, 0.25) is 0 Å². The summed E-state index contributed by atoms with van der Waals surface area (Å²) in [5.74, 6) is 0. The summed E-state index contributed by atoms with van der Waals surface area (Å²) in [6.45, 7) is 2.02. The lowest BCUT2D eigenvalue weighted by atomic mass is 9.85. The Labute approximate surface area is 117 Å². The van der Waals surface area contributed by atoms with Crippen molar-refractivity contribution in [3.05, 3.63) is 70.7 Å². The van der Waals surface area contributed by atoms with Crippen LogP contribution in [0.25, 0.3) is 0 Å². The Balaban J connectivity index is 2.58. The summed E-state index contributed by atoms with van der Waals surface area (Å²) in [5, 5.41) is 3.20. The molecular weight excluding hydrogens is 262 g/mol. The molecule has 2 aromatic rings. The predicted molar refractivity (Wildman–Crippen MR) is 79.4 cm³/mol. The highest BCUT2D eigenvalue weighted by Crippen LogP contribution is 2.33. The number of hydrogen-bond acceptors (Lipinski definition) is 2. The van der Waals surface area contributed by atoms with Crippen LogP contribution in [0.3, 0.4) is 0 Å². The average Bonchev–Trinajstić information content (AvgIpc) is 2.40. The zero-order valence-corrected chi connectivity index (χ0v) is 11.5. The lowest BCUT2D eigenvalue weighted by Gasteiger charge is -2.25. The Bertz CT molecular complexity index is 573. The van der Waals surface area contributed by atoms with Gasteiger partial charge in [0.05, 0.1) is 5.16 Å². The molecule has 0 bridgehead atoms. The number of aliphatic imine (C=N–C) groups is 1. The zero-order chi connectivity index (χ0) is 13.0. The largest absolute Gasteiger partial charge is 0.216 e. The third kappa shape index (κ3) is 2.51. The van der Waals surface area contributed by atoms with Crippen molar-refractivity contribution in [2.24, 2.45) is 4.99 Å². The summed E-state index contributed by atoms with van der Waals surface area (Å²) >= 11 is 10.7. The fourth-order valence-electron chi connectivity index (χ4n) is 1.92. The Morgan fingerprint density at radius 3 is 2.11 bits per heavy atom. The van der Waals surface area contributed by atoms with Crippen molar-refractivity contribution < 1.29 is 0 Å². The van der Waals surface area contributed by atoms with Crippen LogP contribution in [0, 0.1) is 0 Å². The number of benzene rings is 2. The van der Waals surface area contributed by atoms with Crippen molar-refractivity contribution in [3.8, 4) is 0 Å². The first-order chi connectivity index (χ1) is 8.66. The lowest BCUT2D eigenvalue weighted by molar-refractivity contribution is 0.612. The van der Waals surface area contributed by atoms with E-state index in [9.17, 15) is 0 Å². The monoisotopic (exact) mass is 273 g/mol. The molecule has 0 aliphatic rings. The van der Waals surface area contributed by atoms with Crippen molar-refractivity contribution in [1.29, 1.82) is 0 Å². The molecule has 0 fully saturated rings. The highest BCUT2D eigenvalue weighted by atomic mass is 35.5. The topological polar surface area (TPSA) is 12.4 Å². The van der Waals surface area contributed by atoms with Crippen LogP contribution in [0.2, 0.25) is 5.02 Å². The van der Waals surface area contributed by atoms with Gasteiger partial charge in [-0.15, -0.1) is 0 Å². The molecule has 1 unspecified atom stereocenters. The van der Waals surface area contributed by atoms with Gasteiger partial charge in [-0.05, 0) is 42.4 Å². The minimum Gasteiger partial charge on any atom is -0.216 e. The molecule has 0 spiro atoms. The first-order valence-electron chi connectivity index (χ1n) is 5.57. The van der Waals surface area contributed by atoms with Crippen LogP contribution in [0.1, 0.15) is 18.1 Å². The molecule has 0 aliphatic carbocycles. The van der Waals surface area contributed by atoms with Crippen LogP contribution in [-0.2, 0) is 5.54 Å². The van der Waals surface area contributed by atoms with Gasteiger partial charge < -0.3 is 0 Å². The molecule has 0 amide bonds. The van der Waals surface area contributed by atoms with Crippen LogP contribution < -0.4 is 0 Å². The van der Waals surface area contributed by atoms with Crippen LogP contribution >= 0.6 is 23.8 Å². The van der Waals surface area contributed by atoms with Crippen molar-refractivity contribution >= 4 is 29.0 Å². The molecule has 18 heavy (non-hydrogen) atoms. The second kappa shape index (κ2) is 5.45.